The van der Waals surface area contributed by atoms with Gasteiger partial charge in [0.2, 0.25) is 0 Å². The van der Waals surface area contributed by atoms with Crippen LogP contribution < -0.4 is 5.32 Å². The lowest BCUT2D eigenvalue weighted by Crippen LogP contribution is -2.33. The van der Waals surface area contributed by atoms with Crippen molar-refractivity contribution in [3.8, 4) is 0 Å². The molecular formula is C21H18BrFN2S. The summed E-state index contributed by atoms with van der Waals surface area (Å²) in [5.74, 6) is -0.266. The molecular weight excluding hydrogens is 411 g/mol. The van der Waals surface area contributed by atoms with E-state index in [1.165, 1.54) is 17.7 Å². The van der Waals surface area contributed by atoms with Crippen molar-refractivity contribution in [2.75, 3.05) is 5.32 Å². The summed E-state index contributed by atoms with van der Waals surface area (Å²) in [6.07, 6.45) is 0. The van der Waals surface area contributed by atoms with Gasteiger partial charge in [-0.3, -0.25) is 0 Å². The Morgan fingerprint density at radius 2 is 1.42 bits per heavy atom. The van der Waals surface area contributed by atoms with Gasteiger partial charge in [-0.05, 0) is 59.7 Å². The first-order valence-electron chi connectivity index (χ1n) is 8.20. The topological polar surface area (TPSA) is 15.3 Å². The minimum Gasteiger partial charge on any atom is -0.340 e. The fraction of sp³-hybridized carbons (Fsp3) is 0.0952. The first-order valence-corrected chi connectivity index (χ1v) is 9.40. The minimum absolute atomic E-state index is 0.266. The molecule has 0 saturated heterocycles. The first kappa shape index (κ1) is 18.5. The molecule has 5 heteroatoms. The van der Waals surface area contributed by atoms with E-state index < -0.39 is 0 Å². The van der Waals surface area contributed by atoms with Gasteiger partial charge in [-0.25, -0.2) is 4.39 Å². The molecule has 0 unspecified atom stereocenters. The number of rotatable bonds is 5. The van der Waals surface area contributed by atoms with Gasteiger partial charge in [0.05, 0.1) is 0 Å². The zero-order valence-corrected chi connectivity index (χ0v) is 16.4. The highest BCUT2D eigenvalue weighted by molar-refractivity contribution is 9.10. The Balaban J connectivity index is 1.77. The summed E-state index contributed by atoms with van der Waals surface area (Å²) < 4.78 is 14.2. The zero-order valence-electron chi connectivity index (χ0n) is 14.0. The zero-order chi connectivity index (χ0) is 18.4. The van der Waals surface area contributed by atoms with Crippen molar-refractivity contribution in [3.05, 3.63) is 100 Å². The van der Waals surface area contributed by atoms with Crippen molar-refractivity contribution in [1.29, 1.82) is 0 Å². The molecule has 3 aromatic rings. The third-order valence-corrected chi connectivity index (χ3v) is 4.77. The molecule has 0 atom stereocenters. The second-order valence-corrected chi connectivity index (χ2v) is 7.21. The third-order valence-electron chi connectivity index (χ3n) is 3.89. The molecule has 2 nitrogen and oxygen atoms in total. The molecule has 0 amide bonds. The largest absolute Gasteiger partial charge is 0.340 e. The van der Waals surface area contributed by atoms with Crippen LogP contribution in [0.4, 0.5) is 10.1 Å². The van der Waals surface area contributed by atoms with Crippen LogP contribution in [0.5, 0.6) is 0 Å². The molecule has 132 valence electrons. The van der Waals surface area contributed by atoms with Crippen LogP contribution in [0.25, 0.3) is 0 Å². The minimum atomic E-state index is -0.266. The fourth-order valence-electron chi connectivity index (χ4n) is 2.55. The number of thiocarbonyl (C=S) groups is 1. The lowest BCUT2D eigenvalue weighted by molar-refractivity contribution is 0.413. The van der Waals surface area contributed by atoms with E-state index in [1.54, 1.807) is 12.1 Å². The van der Waals surface area contributed by atoms with Crippen molar-refractivity contribution in [2.24, 2.45) is 0 Å². The van der Waals surface area contributed by atoms with Crippen LogP contribution in [0, 0.1) is 5.82 Å². The van der Waals surface area contributed by atoms with Gasteiger partial charge in [0.15, 0.2) is 5.11 Å². The van der Waals surface area contributed by atoms with Gasteiger partial charge >= 0.3 is 0 Å². The summed E-state index contributed by atoms with van der Waals surface area (Å²) in [5.41, 5.74) is 3.10. The van der Waals surface area contributed by atoms with E-state index in [1.807, 2.05) is 30.3 Å². The first-order chi connectivity index (χ1) is 12.6. The van der Waals surface area contributed by atoms with Crippen molar-refractivity contribution in [1.82, 2.24) is 4.90 Å². The molecule has 3 rings (SSSR count). The van der Waals surface area contributed by atoms with Crippen molar-refractivity contribution >= 4 is 38.9 Å². The van der Waals surface area contributed by atoms with Crippen molar-refractivity contribution in [3.63, 3.8) is 0 Å². The van der Waals surface area contributed by atoms with Crippen molar-refractivity contribution in [2.45, 2.75) is 13.1 Å². The molecule has 0 saturated carbocycles. The normalized spacial score (nSPS) is 10.4. The highest BCUT2D eigenvalue weighted by Crippen LogP contribution is 2.16. The second-order valence-electron chi connectivity index (χ2n) is 5.91. The lowest BCUT2D eigenvalue weighted by atomic mass is 10.2. The molecule has 0 fully saturated rings. The maximum atomic E-state index is 13.1. The number of nitrogens with one attached hydrogen (secondary N) is 1. The van der Waals surface area contributed by atoms with Gasteiger partial charge in [0, 0.05) is 23.2 Å². The van der Waals surface area contributed by atoms with Gasteiger partial charge in [-0.1, -0.05) is 58.4 Å². The van der Waals surface area contributed by atoms with E-state index in [9.17, 15) is 4.39 Å². The number of hydrogen-bond acceptors (Lipinski definition) is 1. The van der Waals surface area contributed by atoms with E-state index in [2.05, 4.69) is 50.4 Å². The number of nitrogens with zero attached hydrogens (tertiary/aromatic N) is 1. The number of benzene rings is 3. The molecule has 0 spiro atoms. The Morgan fingerprint density at radius 1 is 0.846 bits per heavy atom. The van der Waals surface area contributed by atoms with E-state index in [-0.39, 0.29) is 5.82 Å². The average Bonchev–Trinajstić information content (AvgIpc) is 2.65. The van der Waals surface area contributed by atoms with Gasteiger partial charge in [-0.15, -0.1) is 0 Å². The molecule has 0 aliphatic rings. The highest BCUT2D eigenvalue weighted by atomic mass is 79.9. The fourth-order valence-corrected chi connectivity index (χ4v) is 3.06. The summed E-state index contributed by atoms with van der Waals surface area (Å²) in [5, 5.41) is 3.80. The van der Waals surface area contributed by atoms with E-state index in [0.717, 1.165) is 15.7 Å². The quantitative estimate of drug-likeness (QED) is 0.502. The predicted octanol–water partition coefficient (Wildman–Crippen LogP) is 5.99. The van der Waals surface area contributed by atoms with Crippen LogP contribution in [0.3, 0.4) is 0 Å². The molecule has 0 aromatic heterocycles. The van der Waals surface area contributed by atoms with Gasteiger partial charge < -0.3 is 10.2 Å². The number of anilines is 1. The number of hydrogen-bond donors (Lipinski definition) is 1. The molecule has 26 heavy (non-hydrogen) atoms. The van der Waals surface area contributed by atoms with Crippen LogP contribution in [0.2, 0.25) is 0 Å². The SMILES string of the molecule is Fc1ccc(NC(=S)N(Cc2ccccc2)Cc2ccc(Br)cc2)cc1. The van der Waals surface area contributed by atoms with Crippen LogP contribution in [-0.2, 0) is 13.1 Å². The van der Waals surface area contributed by atoms with Crippen LogP contribution in [0.15, 0.2) is 83.3 Å². The van der Waals surface area contributed by atoms with E-state index >= 15 is 0 Å². The Bertz CT molecular complexity index is 851. The monoisotopic (exact) mass is 428 g/mol. The van der Waals surface area contributed by atoms with Gasteiger partial charge in [0.25, 0.3) is 0 Å². The Hall–Kier alpha value is -2.24. The van der Waals surface area contributed by atoms with Crippen LogP contribution in [0.1, 0.15) is 11.1 Å². The average molecular weight is 429 g/mol. The Kier molecular flexibility index (Phi) is 6.36. The molecule has 0 aliphatic heterocycles. The summed E-state index contributed by atoms with van der Waals surface area (Å²) in [4.78, 5) is 2.09. The molecule has 0 heterocycles. The number of halogens is 2. The summed E-state index contributed by atoms with van der Waals surface area (Å²) in [6, 6.07) is 24.6. The summed E-state index contributed by atoms with van der Waals surface area (Å²) in [6.45, 7) is 1.36. The molecule has 0 aliphatic carbocycles. The van der Waals surface area contributed by atoms with Crippen LogP contribution in [-0.4, -0.2) is 10.0 Å². The van der Waals surface area contributed by atoms with Gasteiger partial charge in [0.1, 0.15) is 5.82 Å². The Labute approximate surface area is 166 Å². The van der Waals surface area contributed by atoms with E-state index in [4.69, 9.17) is 12.2 Å². The lowest BCUT2D eigenvalue weighted by Gasteiger charge is -2.26. The predicted molar refractivity (Wildman–Crippen MR) is 112 cm³/mol. The smallest absolute Gasteiger partial charge is 0.174 e. The standard InChI is InChI=1S/C21H18BrFN2S/c22-18-8-6-17(7-9-18)15-25(14-16-4-2-1-3-5-16)21(26)24-20-12-10-19(23)11-13-20/h1-13H,14-15H2,(H,24,26). The summed E-state index contributed by atoms with van der Waals surface area (Å²) in [7, 11) is 0. The maximum absolute atomic E-state index is 13.1. The van der Waals surface area contributed by atoms with Crippen LogP contribution >= 0.6 is 28.1 Å². The third kappa shape index (κ3) is 5.38. The molecule has 0 bridgehead atoms. The van der Waals surface area contributed by atoms with Gasteiger partial charge in [-0.2, -0.15) is 0 Å². The van der Waals surface area contributed by atoms with Crippen molar-refractivity contribution < 1.29 is 4.39 Å². The molecule has 3 aromatic carbocycles. The highest BCUT2D eigenvalue weighted by Gasteiger charge is 2.12. The summed E-state index contributed by atoms with van der Waals surface area (Å²) >= 11 is 9.09. The van der Waals surface area contributed by atoms with E-state index in [0.29, 0.717) is 18.2 Å². The Morgan fingerprint density at radius 3 is 2.04 bits per heavy atom. The maximum Gasteiger partial charge on any atom is 0.174 e. The second kappa shape index (κ2) is 8.92. The molecule has 1 N–H and O–H groups in total. The molecule has 0 radical (unpaired) electrons.